The van der Waals surface area contributed by atoms with E-state index in [9.17, 15) is 4.79 Å². The zero-order chi connectivity index (χ0) is 23.0. The van der Waals surface area contributed by atoms with Crippen LogP contribution in [-0.2, 0) is 24.1 Å². The second-order valence-electron chi connectivity index (χ2n) is 9.33. The number of hydrogen-bond donors (Lipinski definition) is 1. The number of pyridine rings is 1. The number of aromatic nitrogens is 1. The van der Waals surface area contributed by atoms with E-state index in [1.165, 1.54) is 16.7 Å². The standard InChI is InChI=1S/C27H37N3O3/c1-3-12-33-25-8-9-26(29-19-25)27(31)30(2)24-7-6-22-15-21(4-5-23(22)16-24)18-28-17-20-10-13-32-14-11-20/h4-5,8-9,15,19-20,24,28H,3,6-7,10-14,16-18H2,1-2H3. The molecule has 1 aliphatic heterocycles. The zero-order valence-corrected chi connectivity index (χ0v) is 20.0. The molecule has 1 amide bonds. The van der Waals surface area contributed by atoms with Gasteiger partial charge in [-0.2, -0.15) is 0 Å². The molecule has 1 atom stereocenters. The SMILES string of the molecule is CCCOc1ccc(C(=O)N(C)C2CCc3cc(CNCC4CCOCC4)ccc3C2)nc1. The van der Waals surface area contributed by atoms with E-state index in [1.807, 2.05) is 18.0 Å². The number of carbonyl (C=O) groups is 1. The summed E-state index contributed by atoms with van der Waals surface area (Å²) < 4.78 is 11.0. The van der Waals surface area contributed by atoms with E-state index in [1.54, 1.807) is 12.3 Å². The summed E-state index contributed by atoms with van der Waals surface area (Å²) in [6.07, 6.45) is 7.79. The molecule has 2 heterocycles. The average Bonchev–Trinajstić information content (AvgIpc) is 2.87. The Morgan fingerprint density at radius 3 is 2.79 bits per heavy atom. The number of nitrogens with zero attached hydrogens (tertiary/aromatic N) is 2. The smallest absolute Gasteiger partial charge is 0.272 e. The highest BCUT2D eigenvalue weighted by Gasteiger charge is 2.26. The van der Waals surface area contributed by atoms with E-state index in [4.69, 9.17) is 9.47 Å². The summed E-state index contributed by atoms with van der Waals surface area (Å²) in [6.45, 7) is 6.50. The fourth-order valence-corrected chi connectivity index (χ4v) is 4.76. The van der Waals surface area contributed by atoms with Gasteiger partial charge in [-0.1, -0.05) is 25.1 Å². The molecular formula is C27H37N3O3. The van der Waals surface area contributed by atoms with Crippen molar-refractivity contribution in [1.82, 2.24) is 15.2 Å². The summed E-state index contributed by atoms with van der Waals surface area (Å²) in [5.74, 6) is 1.42. The maximum Gasteiger partial charge on any atom is 0.272 e. The van der Waals surface area contributed by atoms with Gasteiger partial charge in [-0.15, -0.1) is 0 Å². The number of aryl methyl sites for hydroxylation is 1. The highest BCUT2D eigenvalue weighted by Crippen LogP contribution is 2.26. The van der Waals surface area contributed by atoms with Crippen LogP contribution in [0.5, 0.6) is 5.75 Å². The molecule has 1 aromatic carbocycles. The zero-order valence-electron chi connectivity index (χ0n) is 20.0. The van der Waals surface area contributed by atoms with E-state index in [2.05, 4.69) is 35.4 Å². The third-order valence-electron chi connectivity index (χ3n) is 6.87. The van der Waals surface area contributed by atoms with Gasteiger partial charge in [0.15, 0.2) is 0 Å². The fraction of sp³-hybridized carbons (Fsp3) is 0.556. The highest BCUT2D eigenvalue weighted by atomic mass is 16.5. The molecule has 1 aliphatic carbocycles. The Kier molecular flexibility index (Phi) is 8.35. The fourth-order valence-electron chi connectivity index (χ4n) is 4.76. The average molecular weight is 452 g/mol. The van der Waals surface area contributed by atoms with Crippen LogP contribution < -0.4 is 10.1 Å². The molecule has 1 aromatic heterocycles. The lowest BCUT2D eigenvalue weighted by Gasteiger charge is -2.32. The van der Waals surface area contributed by atoms with E-state index in [-0.39, 0.29) is 11.9 Å². The lowest BCUT2D eigenvalue weighted by molar-refractivity contribution is 0.0662. The molecule has 6 heteroatoms. The first-order chi connectivity index (χ1) is 16.1. The molecule has 2 aliphatic rings. The molecule has 2 aromatic rings. The molecule has 33 heavy (non-hydrogen) atoms. The van der Waals surface area contributed by atoms with Crippen LogP contribution in [0.25, 0.3) is 0 Å². The van der Waals surface area contributed by atoms with Crippen LogP contribution in [0.2, 0.25) is 0 Å². The monoisotopic (exact) mass is 451 g/mol. The Morgan fingerprint density at radius 1 is 1.18 bits per heavy atom. The molecule has 1 N–H and O–H groups in total. The van der Waals surface area contributed by atoms with Crippen LogP contribution in [0, 0.1) is 5.92 Å². The minimum Gasteiger partial charge on any atom is -0.492 e. The summed E-state index contributed by atoms with van der Waals surface area (Å²) in [5.41, 5.74) is 4.60. The molecule has 4 rings (SSSR count). The first-order valence-electron chi connectivity index (χ1n) is 12.4. The number of fused-ring (bicyclic) bond motifs is 1. The van der Waals surface area contributed by atoms with Gasteiger partial charge in [0, 0.05) is 32.8 Å². The molecule has 6 nitrogen and oxygen atoms in total. The van der Waals surface area contributed by atoms with Gasteiger partial charge in [-0.3, -0.25) is 4.79 Å². The van der Waals surface area contributed by atoms with Crippen molar-refractivity contribution in [1.29, 1.82) is 0 Å². The van der Waals surface area contributed by atoms with E-state index < -0.39 is 0 Å². The Balaban J connectivity index is 1.30. The topological polar surface area (TPSA) is 63.7 Å². The van der Waals surface area contributed by atoms with Crippen molar-refractivity contribution in [3.63, 3.8) is 0 Å². The number of ether oxygens (including phenoxy) is 2. The number of nitrogens with one attached hydrogen (secondary N) is 1. The number of benzene rings is 1. The van der Waals surface area contributed by atoms with Gasteiger partial charge in [0.1, 0.15) is 11.4 Å². The van der Waals surface area contributed by atoms with Crippen LogP contribution >= 0.6 is 0 Å². The highest BCUT2D eigenvalue weighted by molar-refractivity contribution is 5.92. The Labute approximate surface area is 197 Å². The summed E-state index contributed by atoms with van der Waals surface area (Å²) >= 11 is 0. The number of carbonyl (C=O) groups excluding carboxylic acids is 1. The Hall–Kier alpha value is -2.44. The third kappa shape index (κ3) is 6.33. The van der Waals surface area contributed by atoms with Crippen molar-refractivity contribution in [2.24, 2.45) is 5.92 Å². The molecule has 0 radical (unpaired) electrons. The van der Waals surface area contributed by atoms with Gasteiger partial charge in [0.25, 0.3) is 5.91 Å². The van der Waals surface area contributed by atoms with Crippen molar-refractivity contribution in [3.05, 3.63) is 58.9 Å². The van der Waals surface area contributed by atoms with Crippen LogP contribution in [0.3, 0.4) is 0 Å². The van der Waals surface area contributed by atoms with Crippen LogP contribution in [0.4, 0.5) is 0 Å². The number of amides is 1. The molecule has 178 valence electrons. The minimum absolute atomic E-state index is 0.0283. The predicted octanol–water partition coefficient (Wildman–Crippen LogP) is 4.02. The van der Waals surface area contributed by atoms with Crippen molar-refractivity contribution >= 4 is 5.91 Å². The van der Waals surface area contributed by atoms with Gasteiger partial charge in [-0.25, -0.2) is 4.98 Å². The van der Waals surface area contributed by atoms with E-state index in [0.717, 1.165) is 70.7 Å². The van der Waals surface area contributed by atoms with E-state index in [0.29, 0.717) is 18.1 Å². The van der Waals surface area contributed by atoms with Crippen molar-refractivity contribution in [3.8, 4) is 5.75 Å². The van der Waals surface area contributed by atoms with Crippen LogP contribution in [0.1, 0.15) is 59.8 Å². The third-order valence-corrected chi connectivity index (χ3v) is 6.87. The summed E-state index contributed by atoms with van der Waals surface area (Å²) in [4.78, 5) is 19.2. The lowest BCUT2D eigenvalue weighted by atomic mass is 9.86. The van der Waals surface area contributed by atoms with Crippen molar-refractivity contribution in [2.45, 2.75) is 58.0 Å². The van der Waals surface area contributed by atoms with Gasteiger partial charge < -0.3 is 19.7 Å². The summed E-state index contributed by atoms with van der Waals surface area (Å²) in [5, 5.41) is 3.63. The predicted molar refractivity (Wildman–Crippen MR) is 130 cm³/mol. The largest absolute Gasteiger partial charge is 0.492 e. The molecule has 1 fully saturated rings. The normalized spacial score (nSPS) is 18.5. The number of hydrogen-bond acceptors (Lipinski definition) is 5. The first-order valence-corrected chi connectivity index (χ1v) is 12.4. The van der Waals surface area contributed by atoms with Gasteiger partial charge >= 0.3 is 0 Å². The summed E-state index contributed by atoms with van der Waals surface area (Å²) in [6, 6.07) is 10.6. The molecule has 1 unspecified atom stereocenters. The molecule has 1 saturated heterocycles. The molecule has 0 bridgehead atoms. The Morgan fingerprint density at radius 2 is 2.03 bits per heavy atom. The minimum atomic E-state index is -0.0283. The van der Waals surface area contributed by atoms with E-state index >= 15 is 0 Å². The quantitative estimate of drug-likeness (QED) is 0.624. The first kappa shape index (κ1) is 23.7. The number of likely N-dealkylation sites (N-methyl/N-ethyl adjacent to an activating group) is 1. The second kappa shape index (κ2) is 11.6. The number of rotatable bonds is 9. The van der Waals surface area contributed by atoms with Gasteiger partial charge in [0.05, 0.1) is 12.8 Å². The van der Waals surface area contributed by atoms with Crippen LogP contribution in [-0.4, -0.2) is 55.2 Å². The lowest BCUT2D eigenvalue weighted by Crippen LogP contribution is -2.41. The molecule has 0 saturated carbocycles. The van der Waals surface area contributed by atoms with Gasteiger partial charge in [-0.05, 0) is 79.8 Å². The Bertz CT molecular complexity index is 909. The molecule has 0 spiro atoms. The summed E-state index contributed by atoms with van der Waals surface area (Å²) in [7, 11) is 1.90. The molecular weight excluding hydrogens is 414 g/mol. The van der Waals surface area contributed by atoms with Crippen molar-refractivity contribution in [2.75, 3.05) is 33.4 Å². The van der Waals surface area contributed by atoms with Crippen molar-refractivity contribution < 1.29 is 14.3 Å². The maximum atomic E-state index is 13.0. The second-order valence-corrected chi connectivity index (χ2v) is 9.33. The van der Waals surface area contributed by atoms with Crippen LogP contribution in [0.15, 0.2) is 36.5 Å². The maximum absolute atomic E-state index is 13.0. The van der Waals surface area contributed by atoms with Gasteiger partial charge in [0.2, 0.25) is 0 Å².